The molecule has 0 aliphatic carbocycles. The quantitative estimate of drug-likeness (QED) is 0.233. The summed E-state index contributed by atoms with van der Waals surface area (Å²) in [5.74, 6) is 1.87. The van der Waals surface area contributed by atoms with Gasteiger partial charge in [0.25, 0.3) is 0 Å². The second-order valence-electron chi connectivity index (χ2n) is 7.51. The normalized spacial score (nSPS) is 11.1. The molecule has 0 saturated carbocycles. The van der Waals surface area contributed by atoms with E-state index in [9.17, 15) is 18.0 Å². The van der Waals surface area contributed by atoms with Gasteiger partial charge in [-0.05, 0) is 42.3 Å². The molecule has 0 heterocycles. The first-order valence-electron chi connectivity index (χ1n) is 10.6. The fourth-order valence-corrected chi connectivity index (χ4v) is 4.23. The van der Waals surface area contributed by atoms with Crippen molar-refractivity contribution in [2.24, 2.45) is 0 Å². The lowest BCUT2D eigenvalue weighted by molar-refractivity contribution is -0.143. The molecule has 0 saturated heterocycles. The number of methoxy groups -OCH3 is 2. The Bertz CT molecular complexity index is 1150. The molecule has 186 valence electrons. The van der Waals surface area contributed by atoms with E-state index in [-0.39, 0.29) is 13.2 Å². The zero-order valence-corrected chi connectivity index (χ0v) is 20.3. The number of alkyl halides is 3. The van der Waals surface area contributed by atoms with Crippen molar-refractivity contribution in [2.45, 2.75) is 30.4 Å². The van der Waals surface area contributed by atoms with Crippen LogP contribution in [-0.2, 0) is 28.1 Å². The Hall–Kier alpha value is -3.33. The highest BCUT2D eigenvalue weighted by Crippen LogP contribution is 2.38. The number of esters is 1. The lowest BCUT2D eigenvalue weighted by atomic mass is 10.1. The number of halogens is 3. The van der Waals surface area contributed by atoms with Crippen LogP contribution in [0.5, 0.6) is 17.2 Å². The zero-order chi connectivity index (χ0) is 25.4. The van der Waals surface area contributed by atoms with Crippen molar-refractivity contribution >= 4 is 17.7 Å². The van der Waals surface area contributed by atoms with E-state index in [0.717, 1.165) is 28.2 Å². The number of carbonyl (C=O) groups excluding carboxylic acids is 1. The van der Waals surface area contributed by atoms with Crippen LogP contribution < -0.4 is 14.2 Å². The molecule has 0 aliphatic rings. The van der Waals surface area contributed by atoms with E-state index >= 15 is 0 Å². The van der Waals surface area contributed by atoms with Gasteiger partial charge in [-0.2, -0.15) is 13.2 Å². The van der Waals surface area contributed by atoms with Gasteiger partial charge in [-0.15, -0.1) is 11.8 Å². The SMILES string of the molecule is COC(=O)COc1cc(OC)c(SCc2ccccc2OCc2ccc(C(F)(F)F)cc2)cc1C. The van der Waals surface area contributed by atoms with Crippen LogP contribution in [0.3, 0.4) is 0 Å². The lowest BCUT2D eigenvalue weighted by Gasteiger charge is -2.15. The van der Waals surface area contributed by atoms with Gasteiger partial charge in [0.15, 0.2) is 6.61 Å². The van der Waals surface area contributed by atoms with Crippen LogP contribution in [0.1, 0.15) is 22.3 Å². The molecule has 0 aliphatic heterocycles. The van der Waals surface area contributed by atoms with E-state index in [2.05, 4.69) is 4.74 Å². The average molecular weight is 507 g/mol. The van der Waals surface area contributed by atoms with E-state index < -0.39 is 17.7 Å². The van der Waals surface area contributed by atoms with Gasteiger partial charge in [0.1, 0.15) is 23.9 Å². The molecule has 5 nitrogen and oxygen atoms in total. The Morgan fingerprint density at radius 2 is 1.63 bits per heavy atom. The monoisotopic (exact) mass is 506 g/mol. The fourth-order valence-electron chi connectivity index (χ4n) is 3.14. The summed E-state index contributed by atoms with van der Waals surface area (Å²) in [5, 5.41) is 0. The number of para-hydroxylation sites is 1. The predicted molar refractivity (Wildman–Crippen MR) is 127 cm³/mol. The smallest absolute Gasteiger partial charge is 0.416 e. The van der Waals surface area contributed by atoms with Gasteiger partial charge >= 0.3 is 12.1 Å². The van der Waals surface area contributed by atoms with Crippen LogP contribution in [0.4, 0.5) is 13.2 Å². The summed E-state index contributed by atoms with van der Waals surface area (Å²) in [6.07, 6.45) is -4.37. The molecule has 0 spiro atoms. The highest BCUT2D eigenvalue weighted by Gasteiger charge is 2.29. The third-order valence-electron chi connectivity index (χ3n) is 5.07. The van der Waals surface area contributed by atoms with Crippen molar-refractivity contribution in [2.75, 3.05) is 20.8 Å². The van der Waals surface area contributed by atoms with Crippen LogP contribution in [0, 0.1) is 6.92 Å². The Morgan fingerprint density at radius 3 is 2.29 bits per heavy atom. The minimum absolute atomic E-state index is 0.147. The maximum atomic E-state index is 12.8. The summed E-state index contributed by atoms with van der Waals surface area (Å²) in [4.78, 5) is 12.3. The maximum absolute atomic E-state index is 12.8. The molecule has 35 heavy (non-hydrogen) atoms. The molecule has 0 amide bonds. The van der Waals surface area contributed by atoms with Gasteiger partial charge in [-0.25, -0.2) is 4.79 Å². The van der Waals surface area contributed by atoms with E-state index in [1.165, 1.54) is 31.0 Å². The molecule has 9 heteroatoms. The van der Waals surface area contributed by atoms with Crippen molar-refractivity contribution in [1.29, 1.82) is 0 Å². The van der Waals surface area contributed by atoms with Crippen molar-refractivity contribution in [3.63, 3.8) is 0 Å². The van der Waals surface area contributed by atoms with Crippen molar-refractivity contribution in [1.82, 2.24) is 0 Å². The molecule has 3 rings (SSSR count). The van der Waals surface area contributed by atoms with Gasteiger partial charge in [-0.3, -0.25) is 0 Å². The van der Waals surface area contributed by atoms with Gasteiger partial charge in [0.05, 0.1) is 24.7 Å². The number of aryl methyl sites for hydroxylation is 1. The van der Waals surface area contributed by atoms with Crippen LogP contribution in [0.2, 0.25) is 0 Å². The molecule has 0 fully saturated rings. The maximum Gasteiger partial charge on any atom is 0.416 e. The van der Waals surface area contributed by atoms with Gasteiger partial charge in [0.2, 0.25) is 0 Å². The van der Waals surface area contributed by atoms with Crippen molar-refractivity contribution in [3.05, 3.63) is 82.9 Å². The highest BCUT2D eigenvalue weighted by molar-refractivity contribution is 7.98. The molecule has 3 aromatic carbocycles. The van der Waals surface area contributed by atoms with E-state index in [0.29, 0.717) is 28.6 Å². The Labute approximate surface area is 206 Å². The molecular formula is C26H25F3O5S. The predicted octanol–water partition coefficient (Wildman–Crippen LogP) is 6.45. The first-order valence-corrected chi connectivity index (χ1v) is 11.6. The van der Waals surface area contributed by atoms with Crippen molar-refractivity contribution in [3.8, 4) is 17.2 Å². The largest absolute Gasteiger partial charge is 0.495 e. The summed E-state index contributed by atoms with van der Waals surface area (Å²) in [5.41, 5.74) is 1.71. The van der Waals surface area contributed by atoms with Crippen LogP contribution in [0.25, 0.3) is 0 Å². The number of ether oxygens (including phenoxy) is 4. The minimum Gasteiger partial charge on any atom is -0.495 e. The summed E-state index contributed by atoms with van der Waals surface area (Å²) in [6.45, 7) is 1.82. The third-order valence-corrected chi connectivity index (χ3v) is 6.15. The lowest BCUT2D eigenvalue weighted by Crippen LogP contribution is -2.13. The van der Waals surface area contributed by atoms with Crippen molar-refractivity contribution < 1.29 is 36.9 Å². The van der Waals surface area contributed by atoms with E-state index in [1.807, 2.05) is 37.3 Å². The Morgan fingerprint density at radius 1 is 0.914 bits per heavy atom. The highest BCUT2D eigenvalue weighted by atomic mass is 32.2. The standard InChI is InChI=1S/C26H25F3O5S/c1-17-12-24(23(31-2)13-22(17)34-15-25(30)32-3)35-16-19-6-4-5-7-21(19)33-14-18-8-10-20(11-9-18)26(27,28)29/h4-13H,14-16H2,1-3H3. The van der Waals surface area contributed by atoms with Crippen LogP contribution >= 0.6 is 11.8 Å². The number of benzene rings is 3. The third kappa shape index (κ3) is 7.32. The molecule has 0 unspecified atom stereocenters. The molecule has 0 bridgehead atoms. The van der Waals surface area contributed by atoms with Gasteiger partial charge < -0.3 is 18.9 Å². The summed E-state index contributed by atoms with van der Waals surface area (Å²) in [6, 6.07) is 16.1. The first-order chi connectivity index (χ1) is 16.7. The topological polar surface area (TPSA) is 54.0 Å². The second-order valence-corrected chi connectivity index (χ2v) is 8.53. The minimum atomic E-state index is -4.37. The molecule has 0 aromatic heterocycles. The second kappa shape index (κ2) is 11.9. The van der Waals surface area contributed by atoms with Gasteiger partial charge in [-0.1, -0.05) is 30.3 Å². The molecule has 0 radical (unpaired) electrons. The zero-order valence-electron chi connectivity index (χ0n) is 19.5. The molecule has 0 atom stereocenters. The Balaban J connectivity index is 1.67. The Kier molecular flexibility index (Phi) is 8.92. The fraction of sp³-hybridized carbons (Fsp3) is 0.269. The number of hydrogen-bond donors (Lipinski definition) is 0. The summed E-state index contributed by atoms with van der Waals surface area (Å²) in [7, 11) is 2.85. The molecule has 3 aromatic rings. The molecule has 0 N–H and O–H groups in total. The number of rotatable bonds is 10. The number of hydrogen-bond acceptors (Lipinski definition) is 6. The first kappa shape index (κ1) is 26.3. The van der Waals surface area contributed by atoms with Crippen LogP contribution in [0.15, 0.2) is 65.6 Å². The summed E-state index contributed by atoms with van der Waals surface area (Å²) < 4.78 is 59.8. The van der Waals surface area contributed by atoms with E-state index in [4.69, 9.17) is 14.2 Å². The average Bonchev–Trinajstić information content (AvgIpc) is 2.85. The number of carbonyl (C=O) groups is 1. The van der Waals surface area contributed by atoms with Crippen LogP contribution in [-0.4, -0.2) is 26.8 Å². The van der Waals surface area contributed by atoms with E-state index in [1.54, 1.807) is 13.2 Å². The number of thioether (sulfide) groups is 1. The summed E-state index contributed by atoms with van der Waals surface area (Å²) >= 11 is 1.54. The molecular weight excluding hydrogens is 481 g/mol. The van der Waals surface area contributed by atoms with Gasteiger partial charge in [0, 0.05) is 17.4 Å².